The molecule has 0 amide bonds. The molecule has 2 aliphatic heterocycles. The summed E-state index contributed by atoms with van der Waals surface area (Å²) in [5.41, 5.74) is 0. The van der Waals surface area contributed by atoms with Gasteiger partial charge in [0.25, 0.3) is 0 Å². The van der Waals surface area contributed by atoms with Crippen molar-refractivity contribution in [2.75, 3.05) is 59.4 Å². The molecule has 2 rings (SSSR count). The highest BCUT2D eigenvalue weighted by molar-refractivity contribution is 4.77. The first-order valence-corrected chi connectivity index (χ1v) is 8.41. The van der Waals surface area contributed by atoms with Crippen LogP contribution in [0.2, 0.25) is 0 Å². The fourth-order valence-corrected chi connectivity index (χ4v) is 3.39. The van der Waals surface area contributed by atoms with Crippen molar-refractivity contribution in [1.29, 1.82) is 0 Å². The Balaban J connectivity index is 1.58. The highest BCUT2D eigenvalue weighted by Gasteiger charge is 2.22. The maximum absolute atomic E-state index is 2.71. The third-order valence-corrected chi connectivity index (χ3v) is 4.90. The van der Waals surface area contributed by atoms with E-state index < -0.39 is 0 Å². The smallest absolute Gasteiger partial charge is 0.0110 e. The van der Waals surface area contributed by atoms with E-state index in [-0.39, 0.29) is 0 Å². The van der Waals surface area contributed by atoms with Gasteiger partial charge in [-0.1, -0.05) is 19.8 Å². The van der Waals surface area contributed by atoms with Crippen molar-refractivity contribution in [1.82, 2.24) is 14.7 Å². The fraction of sp³-hybridized carbons (Fsp3) is 1.00. The lowest BCUT2D eigenvalue weighted by Crippen LogP contribution is -2.48. The first kappa shape index (κ1) is 15.3. The number of likely N-dealkylation sites (tertiary alicyclic amines) is 1. The molecule has 0 N–H and O–H groups in total. The molecule has 0 atom stereocenters. The van der Waals surface area contributed by atoms with Gasteiger partial charge in [-0.3, -0.25) is 0 Å². The Morgan fingerprint density at radius 3 is 2.11 bits per heavy atom. The predicted molar refractivity (Wildman–Crippen MR) is 82.6 cm³/mol. The van der Waals surface area contributed by atoms with Crippen LogP contribution in [-0.2, 0) is 0 Å². The summed E-state index contributed by atoms with van der Waals surface area (Å²) in [6.45, 7) is 12.8. The second kappa shape index (κ2) is 8.23. The van der Waals surface area contributed by atoms with E-state index in [2.05, 4.69) is 28.7 Å². The molecule has 0 saturated carbocycles. The summed E-state index contributed by atoms with van der Waals surface area (Å²) < 4.78 is 0. The largest absolute Gasteiger partial charge is 0.306 e. The summed E-state index contributed by atoms with van der Waals surface area (Å²) >= 11 is 0. The third kappa shape index (κ3) is 5.41. The van der Waals surface area contributed by atoms with Crippen molar-refractivity contribution in [3.63, 3.8) is 0 Å². The van der Waals surface area contributed by atoms with Crippen molar-refractivity contribution in [3.05, 3.63) is 0 Å². The molecule has 3 heteroatoms. The second-order valence-electron chi connectivity index (χ2n) is 6.60. The number of hydrogen-bond acceptors (Lipinski definition) is 3. The van der Waals surface area contributed by atoms with Crippen LogP contribution >= 0.6 is 0 Å². The van der Waals surface area contributed by atoms with Crippen molar-refractivity contribution in [2.24, 2.45) is 5.92 Å². The van der Waals surface area contributed by atoms with Crippen LogP contribution < -0.4 is 0 Å². The highest BCUT2D eigenvalue weighted by Crippen LogP contribution is 2.18. The molecular formula is C16H33N3. The van der Waals surface area contributed by atoms with Crippen LogP contribution in [0.3, 0.4) is 0 Å². The normalized spacial score (nSPS) is 24.9. The van der Waals surface area contributed by atoms with Crippen LogP contribution in [0.15, 0.2) is 0 Å². The molecule has 0 aromatic heterocycles. The number of hydrogen-bond donors (Lipinski definition) is 0. The van der Waals surface area contributed by atoms with Crippen LogP contribution in [-0.4, -0.2) is 74.1 Å². The number of piperidine rings is 1. The number of rotatable bonds is 6. The van der Waals surface area contributed by atoms with E-state index in [0.29, 0.717) is 0 Å². The Bertz CT molecular complexity index is 228. The van der Waals surface area contributed by atoms with Gasteiger partial charge in [0.15, 0.2) is 0 Å². The van der Waals surface area contributed by atoms with Crippen LogP contribution in [0.1, 0.15) is 39.0 Å². The van der Waals surface area contributed by atoms with E-state index in [4.69, 9.17) is 0 Å². The Labute approximate surface area is 119 Å². The van der Waals surface area contributed by atoms with Gasteiger partial charge < -0.3 is 14.7 Å². The summed E-state index contributed by atoms with van der Waals surface area (Å²) in [7, 11) is 2.26. The van der Waals surface area contributed by atoms with Gasteiger partial charge in [-0.05, 0) is 51.9 Å². The minimum Gasteiger partial charge on any atom is -0.306 e. The predicted octanol–water partition coefficient (Wildman–Crippen LogP) is 2.14. The molecule has 0 radical (unpaired) electrons. The van der Waals surface area contributed by atoms with E-state index in [1.807, 2.05) is 0 Å². The van der Waals surface area contributed by atoms with Gasteiger partial charge in [-0.15, -0.1) is 0 Å². The first-order valence-electron chi connectivity index (χ1n) is 8.41. The molecule has 2 heterocycles. The van der Waals surface area contributed by atoms with Crippen molar-refractivity contribution < 1.29 is 0 Å². The van der Waals surface area contributed by atoms with Gasteiger partial charge in [0, 0.05) is 32.7 Å². The SMILES string of the molecule is CCCCCN1CCN(CC2CCN(C)CC2)CC1. The summed E-state index contributed by atoms with van der Waals surface area (Å²) in [6.07, 6.45) is 6.96. The lowest BCUT2D eigenvalue weighted by molar-refractivity contribution is 0.0990. The molecule has 0 unspecified atom stereocenters. The monoisotopic (exact) mass is 267 g/mol. The number of piperazine rings is 1. The van der Waals surface area contributed by atoms with Gasteiger partial charge in [-0.2, -0.15) is 0 Å². The minimum atomic E-state index is 0.961. The average molecular weight is 267 g/mol. The van der Waals surface area contributed by atoms with Gasteiger partial charge in [0.2, 0.25) is 0 Å². The van der Waals surface area contributed by atoms with E-state index >= 15 is 0 Å². The molecule has 2 aliphatic rings. The molecule has 19 heavy (non-hydrogen) atoms. The lowest BCUT2D eigenvalue weighted by Gasteiger charge is -2.38. The molecular weight excluding hydrogens is 234 g/mol. The molecule has 3 nitrogen and oxygen atoms in total. The summed E-state index contributed by atoms with van der Waals surface area (Å²) in [4.78, 5) is 7.86. The van der Waals surface area contributed by atoms with Crippen LogP contribution in [0.5, 0.6) is 0 Å². The molecule has 0 aliphatic carbocycles. The van der Waals surface area contributed by atoms with Crippen LogP contribution in [0, 0.1) is 5.92 Å². The summed E-state index contributed by atoms with van der Waals surface area (Å²) in [6, 6.07) is 0. The maximum Gasteiger partial charge on any atom is 0.0110 e. The Kier molecular flexibility index (Phi) is 6.62. The lowest BCUT2D eigenvalue weighted by atomic mass is 9.96. The fourth-order valence-electron chi connectivity index (χ4n) is 3.39. The first-order chi connectivity index (χ1) is 9.28. The van der Waals surface area contributed by atoms with E-state index in [9.17, 15) is 0 Å². The molecule has 0 bridgehead atoms. The van der Waals surface area contributed by atoms with E-state index in [1.165, 1.54) is 84.5 Å². The topological polar surface area (TPSA) is 9.72 Å². The van der Waals surface area contributed by atoms with Crippen molar-refractivity contribution in [2.45, 2.75) is 39.0 Å². The van der Waals surface area contributed by atoms with Gasteiger partial charge in [0.1, 0.15) is 0 Å². The van der Waals surface area contributed by atoms with Crippen molar-refractivity contribution >= 4 is 0 Å². The molecule has 2 saturated heterocycles. The number of nitrogens with zero attached hydrogens (tertiary/aromatic N) is 3. The molecule has 0 aromatic rings. The zero-order valence-corrected chi connectivity index (χ0v) is 13.1. The summed E-state index contributed by atoms with van der Waals surface area (Å²) in [5, 5.41) is 0. The molecule has 0 spiro atoms. The average Bonchev–Trinajstić information content (AvgIpc) is 2.44. The zero-order valence-electron chi connectivity index (χ0n) is 13.1. The standard InChI is InChI=1S/C16H33N3/c1-3-4-5-8-18-11-13-19(14-12-18)15-16-6-9-17(2)10-7-16/h16H,3-15H2,1-2H3. The zero-order chi connectivity index (χ0) is 13.5. The minimum absolute atomic E-state index is 0.961. The number of unbranched alkanes of at least 4 members (excludes halogenated alkanes) is 2. The second-order valence-corrected chi connectivity index (χ2v) is 6.60. The van der Waals surface area contributed by atoms with Gasteiger partial charge in [-0.25, -0.2) is 0 Å². The summed E-state index contributed by atoms with van der Waals surface area (Å²) in [5.74, 6) is 0.961. The highest BCUT2D eigenvalue weighted by atomic mass is 15.3. The van der Waals surface area contributed by atoms with Gasteiger partial charge in [0.05, 0.1) is 0 Å². The maximum atomic E-state index is 2.71. The molecule has 112 valence electrons. The van der Waals surface area contributed by atoms with E-state index in [1.54, 1.807) is 0 Å². The van der Waals surface area contributed by atoms with Crippen LogP contribution in [0.25, 0.3) is 0 Å². The molecule has 0 aromatic carbocycles. The Morgan fingerprint density at radius 2 is 1.47 bits per heavy atom. The van der Waals surface area contributed by atoms with Gasteiger partial charge >= 0.3 is 0 Å². The quantitative estimate of drug-likeness (QED) is 0.683. The Hall–Kier alpha value is -0.120. The van der Waals surface area contributed by atoms with E-state index in [0.717, 1.165) is 5.92 Å². The Morgan fingerprint density at radius 1 is 0.842 bits per heavy atom. The molecule has 2 fully saturated rings. The van der Waals surface area contributed by atoms with Crippen LogP contribution in [0.4, 0.5) is 0 Å². The van der Waals surface area contributed by atoms with Crippen molar-refractivity contribution in [3.8, 4) is 0 Å². The third-order valence-electron chi connectivity index (χ3n) is 4.90.